The molecule has 0 unspecified atom stereocenters. The van der Waals surface area contributed by atoms with E-state index < -0.39 is 0 Å². The quantitative estimate of drug-likeness (QED) is 0.628. The van der Waals surface area contributed by atoms with Crippen molar-refractivity contribution >= 4 is 44.4 Å². The highest BCUT2D eigenvalue weighted by Gasteiger charge is 2.26. The van der Waals surface area contributed by atoms with E-state index in [9.17, 15) is 4.79 Å². The lowest BCUT2D eigenvalue weighted by atomic mass is 10.0. The minimum absolute atomic E-state index is 0.120. The van der Waals surface area contributed by atoms with Gasteiger partial charge in [0.25, 0.3) is 5.91 Å². The van der Waals surface area contributed by atoms with Gasteiger partial charge in [-0.15, -0.1) is 0 Å². The molecule has 0 spiro atoms. The van der Waals surface area contributed by atoms with E-state index in [1.54, 1.807) is 0 Å². The number of nitrogens with zero attached hydrogens (tertiary/aromatic N) is 2. The van der Waals surface area contributed by atoms with Crippen molar-refractivity contribution in [2.45, 2.75) is 32.2 Å². The molecule has 0 aromatic heterocycles. The normalized spacial score (nSPS) is 17.0. The van der Waals surface area contributed by atoms with Crippen LogP contribution in [0.1, 0.15) is 36.5 Å². The van der Waals surface area contributed by atoms with E-state index in [-0.39, 0.29) is 5.91 Å². The summed E-state index contributed by atoms with van der Waals surface area (Å²) in [7, 11) is 1.94. The number of rotatable bonds is 4. The van der Waals surface area contributed by atoms with Crippen LogP contribution < -0.4 is 0 Å². The molecular formula is C16H22BrIN2O. The highest BCUT2D eigenvalue weighted by molar-refractivity contribution is 14.1. The van der Waals surface area contributed by atoms with Crippen molar-refractivity contribution < 1.29 is 4.79 Å². The maximum atomic E-state index is 12.7. The minimum atomic E-state index is 0.120. The highest BCUT2D eigenvalue weighted by Crippen LogP contribution is 2.23. The van der Waals surface area contributed by atoms with Crippen molar-refractivity contribution in [3.8, 4) is 0 Å². The molecule has 1 heterocycles. The second-order valence-corrected chi connectivity index (χ2v) is 7.71. The highest BCUT2D eigenvalue weighted by atomic mass is 127. The van der Waals surface area contributed by atoms with Crippen LogP contribution in [-0.2, 0) is 0 Å². The molecule has 0 radical (unpaired) electrons. The van der Waals surface area contributed by atoms with Gasteiger partial charge in [0.2, 0.25) is 0 Å². The first kappa shape index (κ1) is 17.2. The van der Waals surface area contributed by atoms with E-state index in [4.69, 9.17) is 0 Å². The Labute approximate surface area is 149 Å². The van der Waals surface area contributed by atoms with Gasteiger partial charge in [-0.2, -0.15) is 0 Å². The monoisotopic (exact) mass is 464 g/mol. The fraction of sp³-hybridized carbons (Fsp3) is 0.562. The number of carbonyl (C=O) groups is 1. The summed E-state index contributed by atoms with van der Waals surface area (Å²) in [6, 6.07) is 6.27. The van der Waals surface area contributed by atoms with Crippen LogP contribution in [0.25, 0.3) is 0 Å². The lowest BCUT2D eigenvalue weighted by Crippen LogP contribution is -2.45. The fourth-order valence-corrected chi connectivity index (χ4v) is 3.77. The molecule has 1 aromatic rings. The summed E-state index contributed by atoms with van der Waals surface area (Å²) < 4.78 is 1.97. The fourth-order valence-electron chi connectivity index (χ4n) is 2.86. The van der Waals surface area contributed by atoms with E-state index in [1.807, 2.05) is 30.1 Å². The number of halogens is 2. The third-order valence-corrected chi connectivity index (χ3v) is 5.49. The van der Waals surface area contributed by atoms with Crippen molar-refractivity contribution in [1.82, 2.24) is 9.80 Å². The first-order valence-electron chi connectivity index (χ1n) is 7.47. The number of carbonyl (C=O) groups excluding carboxylic acids is 1. The van der Waals surface area contributed by atoms with E-state index in [0.29, 0.717) is 6.04 Å². The zero-order valence-corrected chi connectivity index (χ0v) is 16.4. The van der Waals surface area contributed by atoms with Gasteiger partial charge >= 0.3 is 0 Å². The molecule has 5 heteroatoms. The molecule has 3 nitrogen and oxygen atoms in total. The molecule has 2 rings (SSSR count). The van der Waals surface area contributed by atoms with Crippen LogP contribution in [0, 0.1) is 3.57 Å². The third kappa shape index (κ3) is 4.42. The molecule has 0 saturated carbocycles. The van der Waals surface area contributed by atoms with Crippen LogP contribution in [-0.4, -0.2) is 48.4 Å². The second kappa shape index (κ2) is 7.92. The summed E-state index contributed by atoms with van der Waals surface area (Å²) >= 11 is 5.74. The average Bonchev–Trinajstić information content (AvgIpc) is 2.49. The molecule has 116 valence electrons. The molecule has 1 fully saturated rings. The van der Waals surface area contributed by atoms with Gasteiger partial charge in [0.05, 0.1) is 5.56 Å². The lowest BCUT2D eigenvalue weighted by Gasteiger charge is -2.36. The molecule has 1 amide bonds. The largest absolute Gasteiger partial charge is 0.339 e. The summed E-state index contributed by atoms with van der Waals surface area (Å²) in [5, 5.41) is 0. The second-order valence-electron chi connectivity index (χ2n) is 5.61. The predicted molar refractivity (Wildman–Crippen MR) is 98.7 cm³/mol. The standard InChI is InChI=1S/C16H22BrIN2O/c1-3-8-20-9-6-13(7-10-20)19(2)16(21)14-11-12(18)4-5-15(14)17/h4-5,11,13H,3,6-10H2,1-2H3. The first-order valence-corrected chi connectivity index (χ1v) is 9.34. The van der Waals surface area contributed by atoms with Gasteiger partial charge in [0.1, 0.15) is 0 Å². The molecule has 1 aliphatic heterocycles. The average molecular weight is 465 g/mol. The van der Waals surface area contributed by atoms with Crippen LogP contribution in [0.15, 0.2) is 22.7 Å². The van der Waals surface area contributed by atoms with E-state index in [1.165, 1.54) is 13.0 Å². The van der Waals surface area contributed by atoms with Crippen LogP contribution in [0.3, 0.4) is 0 Å². The zero-order chi connectivity index (χ0) is 15.4. The molecule has 0 atom stereocenters. The molecule has 0 N–H and O–H groups in total. The number of likely N-dealkylation sites (tertiary alicyclic amines) is 1. The zero-order valence-electron chi connectivity index (χ0n) is 12.6. The van der Waals surface area contributed by atoms with E-state index in [2.05, 4.69) is 50.3 Å². The van der Waals surface area contributed by atoms with Crippen molar-refractivity contribution in [2.75, 3.05) is 26.7 Å². The minimum Gasteiger partial charge on any atom is -0.339 e. The summed E-state index contributed by atoms with van der Waals surface area (Å²) in [5.41, 5.74) is 0.764. The number of amides is 1. The molecule has 1 saturated heterocycles. The Bertz CT molecular complexity index is 501. The summed E-state index contributed by atoms with van der Waals surface area (Å²) in [6.07, 6.45) is 3.35. The summed E-state index contributed by atoms with van der Waals surface area (Å²) in [6.45, 7) is 5.59. The molecule has 1 aromatic carbocycles. The Morgan fingerprint density at radius 2 is 2.10 bits per heavy atom. The Balaban J connectivity index is 2.01. The number of hydrogen-bond donors (Lipinski definition) is 0. The van der Waals surface area contributed by atoms with Crippen molar-refractivity contribution in [1.29, 1.82) is 0 Å². The topological polar surface area (TPSA) is 23.6 Å². The molecule has 0 bridgehead atoms. The number of piperidine rings is 1. The molecular weight excluding hydrogens is 443 g/mol. The van der Waals surface area contributed by atoms with E-state index in [0.717, 1.165) is 39.5 Å². The van der Waals surface area contributed by atoms with Crippen molar-refractivity contribution in [3.63, 3.8) is 0 Å². The van der Waals surface area contributed by atoms with Crippen LogP contribution >= 0.6 is 38.5 Å². The first-order chi connectivity index (χ1) is 10.0. The molecule has 0 aliphatic carbocycles. The van der Waals surface area contributed by atoms with Gasteiger partial charge in [0, 0.05) is 34.2 Å². The predicted octanol–water partition coefficient (Wildman–Crippen LogP) is 4.00. The van der Waals surface area contributed by atoms with Crippen LogP contribution in [0.4, 0.5) is 0 Å². The number of benzene rings is 1. The van der Waals surface area contributed by atoms with Gasteiger partial charge in [-0.3, -0.25) is 4.79 Å². The molecule has 1 aliphatic rings. The Morgan fingerprint density at radius 1 is 1.43 bits per heavy atom. The third-order valence-electron chi connectivity index (χ3n) is 4.12. The van der Waals surface area contributed by atoms with Crippen molar-refractivity contribution in [2.24, 2.45) is 0 Å². The van der Waals surface area contributed by atoms with Crippen LogP contribution in [0.2, 0.25) is 0 Å². The lowest BCUT2D eigenvalue weighted by molar-refractivity contribution is 0.0641. The molecule has 21 heavy (non-hydrogen) atoms. The van der Waals surface area contributed by atoms with Crippen molar-refractivity contribution in [3.05, 3.63) is 31.8 Å². The van der Waals surface area contributed by atoms with Gasteiger partial charge in [-0.1, -0.05) is 6.92 Å². The van der Waals surface area contributed by atoms with Crippen LogP contribution in [0.5, 0.6) is 0 Å². The Kier molecular flexibility index (Phi) is 6.50. The van der Waals surface area contributed by atoms with Gasteiger partial charge in [0.15, 0.2) is 0 Å². The SMILES string of the molecule is CCCN1CCC(N(C)C(=O)c2cc(I)ccc2Br)CC1. The summed E-state index contributed by atoms with van der Waals surface area (Å²) in [4.78, 5) is 17.1. The maximum absolute atomic E-state index is 12.7. The Hall–Kier alpha value is -0.140. The smallest absolute Gasteiger partial charge is 0.255 e. The van der Waals surface area contributed by atoms with Gasteiger partial charge in [-0.05, 0) is 82.5 Å². The van der Waals surface area contributed by atoms with Gasteiger partial charge < -0.3 is 9.80 Å². The Morgan fingerprint density at radius 3 is 2.71 bits per heavy atom. The maximum Gasteiger partial charge on any atom is 0.255 e. The number of hydrogen-bond acceptors (Lipinski definition) is 2. The van der Waals surface area contributed by atoms with E-state index >= 15 is 0 Å². The summed E-state index contributed by atoms with van der Waals surface area (Å²) in [5.74, 6) is 0.120. The van der Waals surface area contributed by atoms with Gasteiger partial charge in [-0.25, -0.2) is 0 Å².